The summed E-state index contributed by atoms with van der Waals surface area (Å²) in [5, 5.41) is 11.6. The van der Waals surface area contributed by atoms with Gasteiger partial charge in [-0.15, -0.1) is 0 Å². The standard InChI is InChI=1S/C23H12Cl3F7N4O/c24-15-4-13(21(27,22(28,29)30)23(31,32)33)5-16(25)18(15)37-9-12(8-36-37)11-3-14(19(26)35-7-11)17(38)6-20(10-34)1-2-20/h3-5,7-9H,1-2,6H2. The first-order valence-corrected chi connectivity index (χ1v) is 11.6. The van der Waals surface area contributed by atoms with E-state index in [-0.39, 0.29) is 35.0 Å². The van der Waals surface area contributed by atoms with Crippen LogP contribution >= 0.6 is 34.8 Å². The van der Waals surface area contributed by atoms with E-state index >= 15 is 0 Å². The van der Waals surface area contributed by atoms with Crippen molar-refractivity contribution in [1.82, 2.24) is 14.8 Å². The summed E-state index contributed by atoms with van der Waals surface area (Å²) in [6.45, 7) is 0. The van der Waals surface area contributed by atoms with Crippen LogP contribution in [0.3, 0.4) is 0 Å². The molecule has 0 unspecified atom stereocenters. The number of carbonyl (C=O) groups is 1. The molecule has 0 saturated heterocycles. The number of benzene rings is 1. The molecule has 2 heterocycles. The predicted molar refractivity (Wildman–Crippen MR) is 123 cm³/mol. The number of nitrogens with zero attached hydrogens (tertiary/aromatic N) is 4. The van der Waals surface area contributed by atoms with E-state index in [2.05, 4.69) is 16.2 Å². The van der Waals surface area contributed by atoms with Crippen LogP contribution < -0.4 is 0 Å². The molecular formula is C23H12Cl3F7N4O. The smallest absolute Gasteiger partial charge is 0.294 e. The molecule has 0 atom stereocenters. The first-order chi connectivity index (χ1) is 17.5. The maximum absolute atomic E-state index is 14.5. The molecule has 4 rings (SSSR count). The van der Waals surface area contributed by atoms with Crippen LogP contribution in [0.25, 0.3) is 16.8 Å². The summed E-state index contributed by atoms with van der Waals surface area (Å²) in [4.78, 5) is 16.7. The summed E-state index contributed by atoms with van der Waals surface area (Å²) in [5.41, 5.74) is -7.94. The largest absolute Gasteiger partial charge is 0.435 e. The highest BCUT2D eigenvalue weighted by molar-refractivity contribution is 6.38. The van der Waals surface area contributed by atoms with Crippen LogP contribution in [0, 0.1) is 16.7 Å². The topological polar surface area (TPSA) is 71.6 Å². The molecule has 0 amide bonds. The van der Waals surface area contributed by atoms with Crippen molar-refractivity contribution >= 4 is 40.6 Å². The van der Waals surface area contributed by atoms with Gasteiger partial charge in [-0.05, 0) is 31.0 Å². The summed E-state index contributed by atoms with van der Waals surface area (Å²) in [6.07, 6.45) is -7.76. The molecule has 0 bridgehead atoms. The van der Waals surface area contributed by atoms with Crippen LogP contribution in [-0.2, 0) is 5.67 Å². The van der Waals surface area contributed by atoms with Gasteiger partial charge >= 0.3 is 18.0 Å². The second kappa shape index (κ2) is 9.39. The molecule has 15 heteroatoms. The van der Waals surface area contributed by atoms with E-state index in [0.717, 1.165) is 4.68 Å². The molecule has 1 aromatic carbocycles. The number of halogens is 10. The van der Waals surface area contributed by atoms with Crippen molar-refractivity contribution in [2.75, 3.05) is 0 Å². The van der Waals surface area contributed by atoms with E-state index in [9.17, 15) is 40.8 Å². The Morgan fingerprint density at radius 1 is 0.974 bits per heavy atom. The predicted octanol–water partition coefficient (Wildman–Crippen LogP) is 8.06. The fraction of sp³-hybridized carbons (Fsp3) is 0.304. The fourth-order valence-corrected chi connectivity index (χ4v) is 4.62. The minimum Gasteiger partial charge on any atom is -0.294 e. The summed E-state index contributed by atoms with van der Waals surface area (Å²) in [6, 6.07) is 3.87. The van der Waals surface area contributed by atoms with Crippen LogP contribution in [0.1, 0.15) is 35.2 Å². The van der Waals surface area contributed by atoms with Crippen LogP contribution in [0.15, 0.2) is 36.8 Å². The van der Waals surface area contributed by atoms with E-state index in [1.54, 1.807) is 0 Å². The molecule has 0 aliphatic heterocycles. The first-order valence-electron chi connectivity index (χ1n) is 10.5. The minimum atomic E-state index is -6.35. The van der Waals surface area contributed by atoms with Gasteiger partial charge in [-0.25, -0.2) is 14.1 Å². The SMILES string of the molecule is N#CC1(CC(=O)c2cc(-c3cnn(-c4c(Cl)cc(C(F)(C(F)(F)F)C(F)(F)F)cc4Cl)c3)cnc2Cl)CC1. The molecule has 0 spiro atoms. The van der Waals surface area contributed by atoms with Crippen LogP contribution in [0.5, 0.6) is 0 Å². The molecule has 1 saturated carbocycles. The van der Waals surface area contributed by atoms with Gasteiger partial charge in [0.25, 0.3) is 0 Å². The highest BCUT2D eigenvalue weighted by atomic mass is 35.5. The fourth-order valence-electron chi connectivity index (χ4n) is 3.75. The number of hydrogen-bond donors (Lipinski definition) is 0. The van der Waals surface area contributed by atoms with Crippen LogP contribution in [0.2, 0.25) is 15.2 Å². The molecule has 1 aliphatic rings. The third-order valence-corrected chi connectivity index (χ3v) is 6.95. The maximum atomic E-state index is 14.5. The summed E-state index contributed by atoms with van der Waals surface area (Å²) < 4.78 is 94.3. The van der Waals surface area contributed by atoms with E-state index in [1.807, 2.05) is 0 Å². The number of ketones is 1. The summed E-state index contributed by atoms with van der Waals surface area (Å²) in [5.74, 6) is -0.401. The normalized spacial score (nSPS) is 15.3. The zero-order valence-electron chi connectivity index (χ0n) is 18.6. The zero-order valence-corrected chi connectivity index (χ0v) is 20.8. The van der Waals surface area contributed by atoms with Gasteiger partial charge in [-0.1, -0.05) is 34.8 Å². The van der Waals surface area contributed by atoms with Crippen molar-refractivity contribution in [3.05, 3.63) is 63.1 Å². The van der Waals surface area contributed by atoms with Gasteiger partial charge in [0.2, 0.25) is 0 Å². The molecule has 38 heavy (non-hydrogen) atoms. The lowest BCUT2D eigenvalue weighted by molar-refractivity contribution is -0.348. The number of nitriles is 1. The van der Waals surface area contributed by atoms with E-state index in [0.29, 0.717) is 24.0 Å². The lowest BCUT2D eigenvalue weighted by Gasteiger charge is -2.30. The van der Waals surface area contributed by atoms with Crippen molar-refractivity contribution in [3.63, 3.8) is 0 Å². The molecule has 1 fully saturated rings. The Kier molecular flexibility index (Phi) is 6.96. The van der Waals surface area contributed by atoms with E-state index in [1.165, 1.54) is 24.7 Å². The van der Waals surface area contributed by atoms with Crippen molar-refractivity contribution in [2.24, 2.45) is 5.41 Å². The molecule has 3 aromatic rings. The molecule has 1 aliphatic carbocycles. The third-order valence-electron chi connectivity index (χ3n) is 6.07. The number of hydrogen-bond acceptors (Lipinski definition) is 4. The van der Waals surface area contributed by atoms with Crippen LogP contribution in [0.4, 0.5) is 30.7 Å². The Bertz CT molecular complexity index is 1440. The highest BCUT2D eigenvalue weighted by Gasteiger charge is 2.73. The quantitative estimate of drug-likeness (QED) is 0.163. The highest BCUT2D eigenvalue weighted by Crippen LogP contribution is 2.54. The average Bonchev–Trinajstić information content (AvgIpc) is 3.42. The Morgan fingerprint density at radius 3 is 2.05 bits per heavy atom. The van der Waals surface area contributed by atoms with E-state index in [4.69, 9.17) is 34.8 Å². The maximum Gasteiger partial charge on any atom is 0.435 e. The van der Waals surface area contributed by atoms with E-state index < -0.39 is 44.8 Å². The Balaban J connectivity index is 1.70. The monoisotopic (exact) mass is 598 g/mol. The first kappa shape index (κ1) is 28.1. The second-order valence-electron chi connectivity index (χ2n) is 8.67. The molecule has 2 aromatic heterocycles. The van der Waals surface area contributed by atoms with Crippen molar-refractivity contribution in [3.8, 4) is 22.9 Å². The third kappa shape index (κ3) is 4.83. The molecule has 5 nitrogen and oxygen atoms in total. The van der Waals surface area contributed by atoms with Gasteiger partial charge in [0.1, 0.15) is 10.8 Å². The minimum absolute atomic E-state index is 0.0445. The summed E-state index contributed by atoms with van der Waals surface area (Å²) in [7, 11) is 0. The van der Waals surface area contributed by atoms with Gasteiger partial charge in [0, 0.05) is 35.5 Å². The lowest BCUT2D eigenvalue weighted by atomic mass is 9.94. The Hall–Kier alpha value is -2.88. The molecular weight excluding hydrogens is 588 g/mol. The van der Waals surface area contributed by atoms with Gasteiger partial charge in [-0.3, -0.25) is 4.79 Å². The number of aromatic nitrogens is 3. The van der Waals surface area contributed by atoms with Gasteiger partial charge in [-0.2, -0.15) is 36.7 Å². The van der Waals surface area contributed by atoms with Gasteiger partial charge in [0.05, 0.1) is 33.3 Å². The Labute approximate surface area is 224 Å². The van der Waals surface area contributed by atoms with Crippen molar-refractivity contribution in [1.29, 1.82) is 5.26 Å². The number of pyridine rings is 1. The lowest BCUT2D eigenvalue weighted by Crippen LogP contribution is -2.50. The zero-order chi connectivity index (χ0) is 28.3. The molecule has 0 radical (unpaired) electrons. The average molecular weight is 600 g/mol. The number of carbonyl (C=O) groups excluding carboxylic acids is 1. The summed E-state index contributed by atoms with van der Waals surface area (Å²) >= 11 is 18.0. The van der Waals surface area contributed by atoms with Crippen LogP contribution in [-0.4, -0.2) is 32.9 Å². The number of Topliss-reactive ketones (excluding diaryl/α,β-unsaturated/α-hetero) is 1. The van der Waals surface area contributed by atoms with Gasteiger partial charge in [0.15, 0.2) is 5.78 Å². The van der Waals surface area contributed by atoms with Gasteiger partial charge < -0.3 is 0 Å². The second-order valence-corrected chi connectivity index (χ2v) is 9.84. The number of rotatable bonds is 6. The number of alkyl halides is 7. The van der Waals surface area contributed by atoms with Crippen molar-refractivity contribution < 1.29 is 35.5 Å². The molecule has 200 valence electrons. The van der Waals surface area contributed by atoms with Crippen molar-refractivity contribution in [2.45, 2.75) is 37.3 Å². The molecule has 0 N–H and O–H groups in total. The Morgan fingerprint density at radius 2 is 1.55 bits per heavy atom.